The summed E-state index contributed by atoms with van der Waals surface area (Å²) in [6.45, 7) is 17.3. The summed E-state index contributed by atoms with van der Waals surface area (Å²) in [5.41, 5.74) is 11.9. The Balaban J connectivity index is 0.000000388. The van der Waals surface area contributed by atoms with Crippen molar-refractivity contribution >= 4 is 45.8 Å². The molecular formula is C44H64N8O8. The summed E-state index contributed by atoms with van der Waals surface area (Å²) < 4.78 is 10.7. The Morgan fingerprint density at radius 3 is 1.50 bits per heavy atom. The van der Waals surface area contributed by atoms with Crippen LogP contribution in [0, 0.1) is 13.8 Å². The van der Waals surface area contributed by atoms with Crippen molar-refractivity contribution in [1.82, 2.24) is 25.5 Å². The summed E-state index contributed by atoms with van der Waals surface area (Å²) >= 11 is 0. The van der Waals surface area contributed by atoms with Gasteiger partial charge >= 0.3 is 12.2 Å². The second kappa shape index (κ2) is 22.6. The maximum atomic E-state index is 12.9. The smallest absolute Gasteiger partial charge is 0.407 e. The molecule has 1 aliphatic rings. The van der Waals surface area contributed by atoms with Gasteiger partial charge in [0.15, 0.2) is 0 Å². The van der Waals surface area contributed by atoms with Gasteiger partial charge in [-0.2, -0.15) is 0 Å². The number of aromatic nitrogens is 2. The number of hydrogen-bond donors (Lipinski definition) is 8. The Hall–Kier alpha value is -5.78. The highest BCUT2D eigenvalue weighted by Crippen LogP contribution is 2.26. The first kappa shape index (κ1) is 50.4. The number of H-pyrrole nitrogens is 2. The monoisotopic (exact) mass is 832 g/mol. The quantitative estimate of drug-likeness (QED) is 0.0555. The lowest BCUT2D eigenvalue weighted by Crippen LogP contribution is -2.48. The Morgan fingerprint density at radius 1 is 0.733 bits per heavy atom. The van der Waals surface area contributed by atoms with Crippen LogP contribution in [-0.2, 0) is 22.3 Å². The first-order valence-electron chi connectivity index (χ1n) is 19.5. The van der Waals surface area contributed by atoms with Gasteiger partial charge in [-0.25, -0.2) is 9.59 Å². The van der Waals surface area contributed by atoms with Gasteiger partial charge in [-0.15, -0.1) is 0 Å². The van der Waals surface area contributed by atoms with E-state index in [4.69, 9.17) is 20.3 Å². The number of aliphatic hydroxyl groups is 1. The number of ether oxygens (including phenoxy) is 2. The average molecular weight is 833 g/mol. The summed E-state index contributed by atoms with van der Waals surface area (Å²) in [7, 11) is 0. The molecule has 0 spiro atoms. The number of aryl methyl sites for hydroxylation is 2. The number of aliphatic hydroxyl groups excluding tert-OH is 1. The van der Waals surface area contributed by atoms with Crippen molar-refractivity contribution in [3.63, 3.8) is 0 Å². The van der Waals surface area contributed by atoms with Crippen molar-refractivity contribution in [3.05, 3.63) is 106 Å². The van der Waals surface area contributed by atoms with Gasteiger partial charge in [0.25, 0.3) is 11.8 Å². The number of aromatic amines is 2. The summed E-state index contributed by atoms with van der Waals surface area (Å²) in [6.07, 6.45) is 3.95. The lowest BCUT2D eigenvalue weighted by molar-refractivity contribution is 0.0467. The number of rotatable bonds is 9. The van der Waals surface area contributed by atoms with E-state index in [1.54, 1.807) is 52.0 Å². The van der Waals surface area contributed by atoms with Gasteiger partial charge < -0.3 is 46.4 Å². The number of benzene rings is 3. The molecule has 0 saturated carbocycles. The van der Waals surface area contributed by atoms with Crippen LogP contribution in [-0.4, -0.2) is 92.4 Å². The first-order chi connectivity index (χ1) is 27.8. The van der Waals surface area contributed by atoms with Gasteiger partial charge in [0.2, 0.25) is 0 Å². The normalized spacial score (nSPS) is 13.0. The van der Waals surface area contributed by atoms with Crippen LogP contribution >= 0.6 is 0 Å². The molecule has 0 aliphatic carbocycles. The van der Waals surface area contributed by atoms with Gasteiger partial charge in [0.1, 0.15) is 11.2 Å². The zero-order valence-corrected chi connectivity index (χ0v) is 36.2. The molecule has 328 valence electrons. The number of carbonyl (C=O) groups excluding carboxylic acids is 4. The van der Waals surface area contributed by atoms with E-state index < -0.39 is 29.4 Å². The second-order valence-corrected chi connectivity index (χ2v) is 16.1. The van der Waals surface area contributed by atoms with Crippen LogP contribution in [0.25, 0.3) is 21.8 Å². The highest BCUT2D eigenvalue weighted by molar-refractivity contribution is 6.21. The number of hydrazine groups is 1. The molecule has 0 bridgehead atoms. The molecule has 0 unspecified atom stereocenters. The third-order valence-electron chi connectivity index (χ3n) is 8.79. The molecule has 0 radical (unpaired) electrons. The van der Waals surface area contributed by atoms with Crippen LogP contribution in [0.2, 0.25) is 0 Å². The maximum Gasteiger partial charge on any atom is 0.407 e. The fraction of sp³-hybridized carbons (Fsp3) is 0.409. The third kappa shape index (κ3) is 14.5. The summed E-state index contributed by atoms with van der Waals surface area (Å²) in [5.74, 6) is 7.30. The van der Waals surface area contributed by atoms with Gasteiger partial charge in [-0.05, 0) is 123 Å². The van der Waals surface area contributed by atoms with Crippen LogP contribution in [0.5, 0.6) is 0 Å². The van der Waals surface area contributed by atoms with Crippen LogP contribution in [0.3, 0.4) is 0 Å². The third-order valence-corrected chi connectivity index (χ3v) is 8.79. The number of nitrogens with one attached hydrogen (secondary N) is 4. The molecule has 3 heterocycles. The molecule has 5 aromatic rings. The van der Waals surface area contributed by atoms with Crippen LogP contribution in [0.1, 0.15) is 91.4 Å². The average Bonchev–Trinajstić information content (AvgIpc) is 3.81. The van der Waals surface area contributed by atoms with E-state index in [-0.39, 0.29) is 36.5 Å². The van der Waals surface area contributed by atoms with Gasteiger partial charge in [0, 0.05) is 53.4 Å². The number of alkyl carbamates (subject to hydrolysis) is 2. The van der Waals surface area contributed by atoms with Gasteiger partial charge in [-0.1, -0.05) is 35.4 Å². The maximum absolute atomic E-state index is 12.9. The van der Waals surface area contributed by atoms with Crippen molar-refractivity contribution < 1.29 is 39.2 Å². The molecule has 16 heteroatoms. The molecule has 0 saturated heterocycles. The zero-order valence-electron chi connectivity index (χ0n) is 36.2. The molecule has 2 atom stereocenters. The number of nitrogens with two attached hydrogens (primary N) is 3. The molecule has 2 aromatic heterocycles. The number of hydrogen-bond acceptors (Lipinski definition) is 10. The molecule has 13 N–H and O–H groups in total. The lowest BCUT2D eigenvalue weighted by Gasteiger charge is -2.26. The number of imide groups is 1. The van der Waals surface area contributed by atoms with E-state index >= 15 is 0 Å². The SMILES string of the molecule is CCO.Cc1ccc2[nH]cc(C[C@@H](CN)NC(=O)OC(C)(C)C)c2c1.Cc1ccc2[nH]cc(C[C@@H](CN3C(=O)c4ccccc4C3=O)NC(=O)OC(C)(C)C)c2c1.NN.O. The fourth-order valence-corrected chi connectivity index (χ4v) is 6.38. The highest BCUT2D eigenvalue weighted by Gasteiger charge is 2.37. The second-order valence-electron chi connectivity index (χ2n) is 16.1. The molecule has 0 fully saturated rings. The Labute approximate surface area is 351 Å². The van der Waals surface area contributed by atoms with Crippen molar-refractivity contribution in [3.8, 4) is 0 Å². The minimum atomic E-state index is -0.665. The molecule has 1 aliphatic heterocycles. The van der Waals surface area contributed by atoms with E-state index in [0.29, 0.717) is 30.5 Å². The number of amides is 4. The fourth-order valence-electron chi connectivity index (χ4n) is 6.38. The van der Waals surface area contributed by atoms with E-state index in [2.05, 4.69) is 63.5 Å². The van der Waals surface area contributed by atoms with E-state index in [9.17, 15) is 19.2 Å². The van der Waals surface area contributed by atoms with Gasteiger partial charge in [0.05, 0.1) is 23.7 Å². The van der Waals surface area contributed by atoms with E-state index in [0.717, 1.165) is 33.1 Å². The number of fused-ring (bicyclic) bond motifs is 3. The van der Waals surface area contributed by atoms with E-state index in [1.165, 1.54) is 15.8 Å². The minimum Gasteiger partial charge on any atom is -0.444 e. The van der Waals surface area contributed by atoms with Crippen molar-refractivity contribution in [2.75, 3.05) is 19.7 Å². The van der Waals surface area contributed by atoms with E-state index in [1.807, 2.05) is 52.2 Å². The molecule has 60 heavy (non-hydrogen) atoms. The Bertz CT molecular complexity index is 2150. The predicted molar refractivity (Wildman–Crippen MR) is 235 cm³/mol. The predicted octanol–water partition coefficient (Wildman–Crippen LogP) is 5.07. The number of carbonyl (C=O) groups is 4. The molecule has 4 amide bonds. The summed E-state index contributed by atoms with van der Waals surface area (Å²) in [6, 6.07) is 18.5. The standard InChI is InChI=1S/C25H27N3O4.C17H25N3O2.C2H6O.H4N2.H2O/c1-15-9-10-21-20(11-15)16(13-26-21)12-17(27-24(31)32-25(2,3)4)14-28-22(29)18-7-5-6-8-19(18)23(28)30;1-11-5-6-15-14(7-11)12(10-19-15)8-13(9-18)20-16(21)22-17(2,3)4;1-2-3;1-2;/h5-11,13,17,26H,12,14H2,1-4H3,(H,27,31);5-7,10,13,19H,8-9,18H2,1-4H3,(H,20,21);3H,2H2,1H3;1-2H2;1H2/t17-;13-;;;/m00.../s1. The Morgan fingerprint density at radius 2 is 1.12 bits per heavy atom. The van der Waals surface area contributed by atoms with Crippen molar-refractivity contribution in [1.29, 1.82) is 0 Å². The zero-order chi connectivity index (χ0) is 44.1. The van der Waals surface area contributed by atoms with Crippen molar-refractivity contribution in [2.45, 2.75) is 98.4 Å². The minimum absolute atomic E-state index is 0. The molecule has 6 rings (SSSR count). The van der Waals surface area contributed by atoms with Crippen LogP contribution in [0.4, 0.5) is 9.59 Å². The molecular weight excluding hydrogens is 769 g/mol. The largest absolute Gasteiger partial charge is 0.444 e. The van der Waals surface area contributed by atoms with Crippen LogP contribution in [0.15, 0.2) is 73.1 Å². The summed E-state index contributed by atoms with van der Waals surface area (Å²) in [4.78, 5) is 57.9. The first-order valence-corrected chi connectivity index (χ1v) is 19.5. The molecule has 3 aromatic carbocycles. The topological polar surface area (TPSA) is 275 Å². The van der Waals surface area contributed by atoms with Gasteiger partial charge in [-0.3, -0.25) is 26.2 Å². The lowest BCUT2D eigenvalue weighted by atomic mass is 10.0. The van der Waals surface area contributed by atoms with Crippen LogP contribution < -0.4 is 28.1 Å². The summed E-state index contributed by atoms with van der Waals surface area (Å²) in [5, 5.41) is 15.5. The van der Waals surface area contributed by atoms with Crippen molar-refractivity contribution in [2.24, 2.45) is 17.4 Å². The highest BCUT2D eigenvalue weighted by atomic mass is 16.6. The number of nitrogens with zero attached hydrogens (tertiary/aromatic N) is 1. The molecule has 16 nitrogen and oxygen atoms in total. The Kier molecular flexibility index (Phi) is 18.9.